The molecule has 4 amide bonds. The summed E-state index contributed by atoms with van der Waals surface area (Å²) >= 11 is 17.8. The average molecular weight is 850 g/mol. The van der Waals surface area contributed by atoms with Gasteiger partial charge in [0.15, 0.2) is 21.2 Å². The van der Waals surface area contributed by atoms with Crippen molar-refractivity contribution in [2.24, 2.45) is 17.8 Å². The maximum atomic E-state index is 14.5. The van der Waals surface area contributed by atoms with Crippen molar-refractivity contribution in [1.29, 1.82) is 0 Å². The Labute approximate surface area is 313 Å². The fourth-order valence-corrected chi connectivity index (χ4v) is 9.42. The maximum absolute atomic E-state index is 14.5. The molecule has 4 aliphatic rings. The first-order valence-corrected chi connectivity index (χ1v) is 17.2. The van der Waals surface area contributed by atoms with Crippen LogP contribution in [0.1, 0.15) is 35.4 Å². The maximum Gasteiger partial charge on any atom is 0.416 e. The largest absolute Gasteiger partial charge is 0.504 e. The van der Waals surface area contributed by atoms with Gasteiger partial charge in [-0.25, -0.2) is 14.2 Å². The van der Waals surface area contributed by atoms with Gasteiger partial charge in [0.1, 0.15) is 5.82 Å². The molecule has 1 N–H and O–H groups in total. The van der Waals surface area contributed by atoms with Crippen molar-refractivity contribution < 1.29 is 59.8 Å². The van der Waals surface area contributed by atoms with Gasteiger partial charge < -0.3 is 9.84 Å². The third-order valence-electron chi connectivity index (χ3n) is 10.3. The molecule has 3 aromatic rings. The molecule has 0 bridgehead atoms. The molecule has 2 aliphatic heterocycles. The quantitative estimate of drug-likeness (QED) is 0.123. The van der Waals surface area contributed by atoms with Gasteiger partial charge in [0.05, 0.1) is 41.4 Å². The second-order valence-corrected chi connectivity index (χ2v) is 15.2. The first-order valence-electron chi connectivity index (χ1n) is 15.6. The number of aromatic hydroxyl groups is 1. The number of hydrogen-bond donors (Lipinski definition) is 1. The van der Waals surface area contributed by atoms with Crippen LogP contribution in [0, 0.1) is 23.6 Å². The fourth-order valence-electron chi connectivity index (χ4n) is 8.04. The summed E-state index contributed by atoms with van der Waals surface area (Å²) in [6.45, 7) is 0. The lowest BCUT2D eigenvalue weighted by atomic mass is 9.56. The number of amides is 4. The van der Waals surface area contributed by atoms with E-state index in [0.29, 0.717) is 9.37 Å². The van der Waals surface area contributed by atoms with Crippen molar-refractivity contribution in [3.63, 3.8) is 0 Å². The summed E-state index contributed by atoms with van der Waals surface area (Å²) in [6, 6.07) is 7.34. The Morgan fingerprint density at radius 1 is 0.830 bits per heavy atom. The minimum absolute atomic E-state index is 0.103. The third kappa shape index (κ3) is 5.37. The zero-order valence-corrected chi connectivity index (χ0v) is 29.8. The van der Waals surface area contributed by atoms with Crippen molar-refractivity contribution in [3.8, 4) is 11.5 Å². The van der Waals surface area contributed by atoms with Crippen LogP contribution in [0.2, 0.25) is 0 Å². The number of halogens is 10. The number of imide groups is 2. The number of fused-ring (bicyclic) bond motifs is 4. The molecular weight excluding hydrogens is 828 g/mol. The van der Waals surface area contributed by atoms with E-state index < -0.39 is 104 Å². The lowest BCUT2D eigenvalue weighted by Gasteiger charge is -2.50. The minimum atomic E-state index is -5.28. The van der Waals surface area contributed by atoms with Gasteiger partial charge in [-0.2, -0.15) is 26.3 Å². The molecule has 0 spiro atoms. The molecule has 18 heteroatoms. The number of carbonyl (C=O) groups is 4. The molecule has 2 saturated heterocycles. The number of benzene rings is 3. The third-order valence-corrected chi connectivity index (χ3v) is 12.2. The van der Waals surface area contributed by atoms with Crippen LogP contribution in [0.5, 0.6) is 11.5 Å². The Morgan fingerprint density at radius 2 is 1.43 bits per heavy atom. The van der Waals surface area contributed by atoms with E-state index >= 15 is 0 Å². The SMILES string of the molecule is COc1cc(Br)cc(C2C3=CCC4C(=O)N(c5cc(C(F)(F)F)cc(C(F)(F)F)c5)C(=O)C4C3CC3(Cl)C(=O)N(c4ccc(F)cc4)C(=O)C23Cl)c1O. The topological polar surface area (TPSA) is 104 Å². The van der Waals surface area contributed by atoms with E-state index in [4.69, 9.17) is 27.9 Å². The molecule has 7 rings (SSSR count). The Bertz CT molecular complexity index is 2130. The van der Waals surface area contributed by atoms with Crippen molar-refractivity contribution >= 4 is 74.1 Å². The number of rotatable bonds is 4. The number of anilines is 2. The van der Waals surface area contributed by atoms with Crippen LogP contribution in [-0.2, 0) is 31.5 Å². The molecule has 8 nitrogen and oxygen atoms in total. The molecule has 2 heterocycles. The molecule has 0 radical (unpaired) electrons. The number of hydrogen-bond acceptors (Lipinski definition) is 6. The normalized spacial score (nSPS) is 28.5. The number of phenolic OH excluding ortho intramolecular Hbond substituents is 1. The Hall–Kier alpha value is -4.15. The predicted octanol–water partition coefficient (Wildman–Crippen LogP) is 8.11. The first-order chi connectivity index (χ1) is 24.6. The molecular formula is C35H22BrCl2F7N2O6. The van der Waals surface area contributed by atoms with Crippen molar-refractivity contribution in [3.05, 3.63) is 93.2 Å². The second kappa shape index (κ2) is 12.2. The van der Waals surface area contributed by atoms with Gasteiger partial charge in [-0.1, -0.05) is 27.6 Å². The summed E-state index contributed by atoms with van der Waals surface area (Å²) < 4.78 is 102. The number of alkyl halides is 8. The fraction of sp³-hybridized carbons (Fsp3) is 0.314. The lowest BCUT2D eigenvalue weighted by Crippen LogP contribution is -2.60. The molecule has 6 unspecified atom stereocenters. The van der Waals surface area contributed by atoms with Crippen molar-refractivity contribution in [2.45, 2.75) is 40.9 Å². The molecule has 3 fully saturated rings. The van der Waals surface area contributed by atoms with Crippen LogP contribution in [0.25, 0.3) is 0 Å². The number of carbonyl (C=O) groups excluding carboxylic acids is 4. The van der Waals surface area contributed by atoms with Crippen LogP contribution in [0.3, 0.4) is 0 Å². The minimum Gasteiger partial charge on any atom is -0.504 e. The summed E-state index contributed by atoms with van der Waals surface area (Å²) in [5.41, 5.74) is -4.55. The van der Waals surface area contributed by atoms with E-state index in [1.165, 1.54) is 25.3 Å². The lowest BCUT2D eigenvalue weighted by molar-refractivity contribution is -0.143. The van der Waals surface area contributed by atoms with E-state index in [-0.39, 0.29) is 52.1 Å². The van der Waals surface area contributed by atoms with Gasteiger partial charge in [-0.15, -0.1) is 23.2 Å². The highest BCUT2D eigenvalue weighted by molar-refractivity contribution is 9.10. The van der Waals surface area contributed by atoms with Gasteiger partial charge >= 0.3 is 12.4 Å². The Kier molecular flexibility index (Phi) is 8.55. The van der Waals surface area contributed by atoms with Crippen LogP contribution in [0.15, 0.2) is 70.7 Å². The van der Waals surface area contributed by atoms with E-state index in [2.05, 4.69) is 15.9 Å². The van der Waals surface area contributed by atoms with Crippen molar-refractivity contribution in [2.75, 3.05) is 16.9 Å². The van der Waals surface area contributed by atoms with Gasteiger partial charge in [0, 0.05) is 16.0 Å². The average Bonchev–Trinajstić information content (AvgIpc) is 3.42. The van der Waals surface area contributed by atoms with E-state index in [1.54, 1.807) is 0 Å². The number of ether oxygens (including phenoxy) is 1. The summed E-state index contributed by atoms with van der Waals surface area (Å²) in [5.74, 6) is -11.5. The molecule has 6 atom stereocenters. The Balaban J connectivity index is 1.41. The van der Waals surface area contributed by atoms with E-state index in [0.717, 1.165) is 24.3 Å². The van der Waals surface area contributed by atoms with E-state index in [9.17, 15) is 55.0 Å². The highest BCUT2D eigenvalue weighted by atomic mass is 79.9. The smallest absolute Gasteiger partial charge is 0.416 e. The number of methoxy groups -OCH3 is 1. The van der Waals surface area contributed by atoms with Crippen LogP contribution in [0.4, 0.5) is 42.1 Å². The van der Waals surface area contributed by atoms with Crippen molar-refractivity contribution in [1.82, 2.24) is 0 Å². The molecule has 0 aromatic heterocycles. The molecule has 278 valence electrons. The van der Waals surface area contributed by atoms with Crippen LogP contribution < -0.4 is 14.5 Å². The number of allylic oxidation sites excluding steroid dienone is 2. The van der Waals surface area contributed by atoms with Gasteiger partial charge in [0.2, 0.25) is 11.8 Å². The summed E-state index contributed by atoms with van der Waals surface area (Å²) in [5, 5.41) is 11.5. The molecule has 2 aliphatic carbocycles. The highest BCUT2D eigenvalue weighted by Crippen LogP contribution is 2.67. The number of nitrogens with zero attached hydrogens (tertiary/aromatic N) is 2. The standard InChI is InChI=1S/C35H22BrCl2F7N2O6/c1-53-24-12-16(36)11-22(27(24)48)26-20-6-7-21-25(29(50)46(28(21)49)19-9-14(34(40,41)42)8-15(10-19)35(43,44)45)23(20)13-32(37)30(51)47(31(52)33(26,32)38)18-4-2-17(39)3-5-18/h2-6,8-12,21,23,25-26,48H,7,13H2,1H3. The van der Waals surface area contributed by atoms with E-state index in [1.807, 2.05) is 0 Å². The van der Waals surface area contributed by atoms with Crippen LogP contribution >= 0.6 is 39.1 Å². The molecule has 53 heavy (non-hydrogen) atoms. The van der Waals surface area contributed by atoms with Gasteiger partial charge in [0.25, 0.3) is 11.8 Å². The second-order valence-electron chi connectivity index (χ2n) is 13.1. The Morgan fingerprint density at radius 3 is 2.00 bits per heavy atom. The summed E-state index contributed by atoms with van der Waals surface area (Å²) in [6.07, 6.45) is -10.0. The van der Waals surface area contributed by atoms with Crippen LogP contribution in [-0.4, -0.2) is 45.6 Å². The van der Waals surface area contributed by atoms with Gasteiger partial charge in [-0.3, -0.25) is 19.2 Å². The number of phenols is 1. The predicted molar refractivity (Wildman–Crippen MR) is 178 cm³/mol. The first kappa shape index (κ1) is 37.2. The zero-order valence-electron chi connectivity index (χ0n) is 26.7. The highest BCUT2D eigenvalue weighted by Gasteiger charge is 2.77. The molecule has 3 aromatic carbocycles. The zero-order chi connectivity index (χ0) is 38.7. The monoisotopic (exact) mass is 848 g/mol. The molecule has 1 saturated carbocycles. The summed E-state index contributed by atoms with van der Waals surface area (Å²) in [7, 11) is 1.23. The summed E-state index contributed by atoms with van der Waals surface area (Å²) in [4.78, 5) is 53.0. The van der Waals surface area contributed by atoms with Gasteiger partial charge in [-0.05, 0) is 73.4 Å².